The van der Waals surface area contributed by atoms with Gasteiger partial charge in [-0.05, 0) is 41.8 Å². The van der Waals surface area contributed by atoms with Gasteiger partial charge in [0.2, 0.25) is 5.91 Å². The number of aliphatic hydroxyl groups is 1. The number of hydrogen-bond donors (Lipinski definition) is 2. The van der Waals surface area contributed by atoms with Gasteiger partial charge in [0.25, 0.3) is 0 Å². The Morgan fingerprint density at radius 1 is 1.06 bits per heavy atom. The minimum absolute atomic E-state index is 0.111. The number of primary amides is 1. The van der Waals surface area contributed by atoms with E-state index in [9.17, 15) is 23.1 Å². The summed E-state index contributed by atoms with van der Waals surface area (Å²) < 4.78 is 43.1. The summed E-state index contributed by atoms with van der Waals surface area (Å²) in [6.07, 6.45) is -3.78. The molecule has 2 aromatic heterocycles. The van der Waals surface area contributed by atoms with Crippen LogP contribution in [0.3, 0.4) is 0 Å². The van der Waals surface area contributed by atoms with Gasteiger partial charge in [-0.2, -0.15) is 0 Å². The van der Waals surface area contributed by atoms with Gasteiger partial charge in [-0.25, -0.2) is 9.97 Å². The van der Waals surface area contributed by atoms with Gasteiger partial charge in [0.1, 0.15) is 17.1 Å². The Kier molecular flexibility index (Phi) is 7.02. The number of fused-ring (bicyclic) bond motifs is 1. The summed E-state index contributed by atoms with van der Waals surface area (Å²) >= 11 is 0. The molecule has 182 valence electrons. The van der Waals surface area contributed by atoms with Crippen LogP contribution in [0.15, 0.2) is 72.9 Å². The molecular formula is C25H23F3N4O3. The highest BCUT2D eigenvalue weighted by Crippen LogP contribution is 2.27. The van der Waals surface area contributed by atoms with E-state index in [2.05, 4.69) is 14.7 Å². The highest BCUT2D eigenvalue weighted by atomic mass is 19.4. The first-order valence-corrected chi connectivity index (χ1v) is 10.9. The fourth-order valence-electron chi connectivity index (χ4n) is 3.91. The number of aliphatic hydroxyl groups excluding tert-OH is 1. The molecule has 0 spiro atoms. The number of hydrogen-bond acceptors (Lipinski definition) is 5. The number of alkyl halides is 3. The topological polar surface area (TPSA) is 103 Å². The lowest BCUT2D eigenvalue weighted by Crippen LogP contribution is -2.28. The maximum absolute atomic E-state index is 12.5. The number of halogens is 3. The van der Waals surface area contributed by atoms with Crippen molar-refractivity contribution in [3.8, 4) is 5.75 Å². The predicted octanol–water partition coefficient (Wildman–Crippen LogP) is 4.15. The molecule has 1 amide bonds. The number of nitrogens with two attached hydrogens (primary N) is 1. The second kappa shape index (κ2) is 10.1. The number of carbonyl (C=O) groups excluding carboxylic acids is 1. The van der Waals surface area contributed by atoms with Gasteiger partial charge in [-0.1, -0.05) is 42.5 Å². The zero-order chi connectivity index (χ0) is 25.0. The molecular weight excluding hydrogens is 461 g/mol. The summed E-state index contributed by atoms with van der Waals surface area (Å²) in [6.45, 7) is 0.252. The summed E-state index contributed by atoms with van der Waals surface area (Å²) in [6, 6.07) is 18.0. The standard InChI is InChI=1S/C25H23F3N4O3/c26-25(27,28)35-19-10-8-16(9-11-19)15-32-22(31-20-7-4-12-30-24(20)32)14-18(23(29)34)13-21(33)17-5-2-1-3-6-17/h1-12,18,21,33H,13-15H2,(H2,29,34)/t18?,21-/m0/s1. The van der Waals surface area contributed by atoms with Crippen molar-refractivity contribution in [1.82, 2.24) is 14.5 Å². The van der Waals surface area contributed by atoms with Gasteiger partial charge < -0.3 is 20.1 Å². The van der Waals surface area contributed by atoms with E-state index in [1.54, 1.807) is 47.2 Å². The lowest BCUT2D eigenvalue weighted by Gasteiger charge is -2.18. The second-order valence-electron chi connectivity index (χ2n) is 8.12. The van der Waals surface area contributed by atoms with Crippen molar-refractivity contribution in [2.24, 2.45) is 11.7 Å². The molecule has 2 atom stereocenters. The largest absolute Gasteiger partial charge is 0.573 e. The third kappa shape index (κ3) is 6.15. The van der Waals surface area contributed by atoms with Crippen LogP contribution in [0, 0.1) is 5.92 Å². The molecule has 0 aliphatic heterocycles. The van der Waals surface area contributed by atoms with Crippen molar-refractivity contribution < 1.29 is 27.8 Å². The van der Waals surface area contributed by atoms with Crippen LogP contribution in [0.2, 0.25) is 0 Å². The number of pyridine rings is 1. The van der Waals surface area contributed by atoms with Crippen LogP contribution in [0.5, 0.6) is 5.75 Å². The van der Waals surface area contributed by atoms with E-state index < -0.39 is 24.3 Å². The number of benzene rings is 2. The van der Waals surface area contributed by atoms with Gasteiger partial charge in [0.15, 0.2) is 5.65 Å². The molecule has 1 unspecified atom stereocenters. The Balaban J connectivity index is 1.59. The van der Waals surface area contributed by atoms with E-state index in [0.717, 1.165) is 0 Å². The molecule has 7 nitrogen and oxygen atoms in total. The average Bonchev–Trinajstić information content (AvgIpc) is 3.16. The van der Waals surface area contributed by atoms with Crippen LogP contribution >= 0.6 is 0 Å². The van der Waals surface area contributed by atoms with Crippen LogP contribution in [0.1, 0.15) is 29.5 Å². The first-order valence-electron chi connectivity index (χ1n) is 10.9. The Morgan fingerprint density at radius 3 is 2.43 bits per heavy atom. The fourth-order valence-corrected chi connectivity index (χ4v) is 3.91. The molecule has 0 saturated carbocycles. The van der Waals surface area contributed by atoms with E-state index in [0.29, 0.717) is 28.1 Å². The fraction of sp³-hybridized carbons (Fsp3) is 0.240. The monoisotopic (exact) mass is 484 g/mol. The SMILES string of the molecule is NC(=O)C(Cc1nc2cccnc2n1Cc1ccc(OC(F)(F)F)cc1)C[C@H](O)c1ccccc1. The zero-order valence-corrected chi connectivity index (χ0v) is 18.5. The molecule has 2 heterocycles. The van der Waals surface area contributed by atoms with Gasteiger partial charge in [-0.15, -0.1) is 13.2 Å². The molecule has 0 bridgehead atoms. The van der Waals surface area contributed by atoms with E-state index in [1.807, 2.05) is 6.07 Å². The Morgan fingerprint density at radius 2 is 1.77 bits per heavy atom. The first-order chi connectivity index (χ1) is 16.7. The molecule has 4 rings (SSSR count). The Hall–Kier alpha value is -3.92. The predicted molar refractivity (Wildman–Crippen MR) is 122 cm³/mol. The summed E-state index contributed by atoms with van der Waals surface area (Å²) in [7, 11) is 0. The number of rotatable bonds is 9. The van der Waals surface area contributed by atoms with Crippen LogP contribution in [-0.2, 0) is 17.8 Å². The van der Waals surface area contributed by atoms with Gasteiger partial charge in [0, 0.05) is 18.5 Å². The molecule has 3 N–H and O–H groups in total. The van der Waals surface area contributed by atoms with Crippen LogP contribution < -0.4 is 10.5 Å². The number of ether oxygens (including phenoxy) is 1. The van der Waals surface area contributed by atoms with E-state index in [-0.39, 0.29) is 25.1 Å². The number of carbonyl (C=O) groups is 1. The third-order valence-corrected chi connectivity index (χ3v) is 5.60. The van der Waals surface area contributed by atoms with Crippen molar-refractivity contribution in [2.75, 3.05) is 0 Å². The molecule has 0 aliphatic rings. The number of aromatic nitrogens is 3. The lowest BCUT2D eigenvalue weighted by atomic mass is 9.93. The Labute approximate surface area is 199 Å². The molecule has 0 saturated heterocycles. The Bertz CT molecular complexity index is 1290. The summed E-state index contributed by atoms with van der Waals surface area (Å²) in [4.78, 5) is 21.3. The molecule has 4 aromatic rings. The molecule has 2 aromatic carbocycles. The third-order valence-electron chi connectivity index (χ3n) is 5.60. The number of nitrogens with zero attached hydrogens (tertiary/aromatic N) is 3. The van der Waals surface area contributed by atoms with Crippen molar-refractivity contribution in [2.45, 2.75) is 31.9 Å². The van der Waals surface area contributed by atoms with Crippen molar-refractivity contribution in [3.05, 3.63) is 89.9 Å². The summed E-state index contributed by atoms with van der Waals surface area (Å²) in [5.41, 5.74) is 8.19. The van der Waals surface area contributed by atoms with Crippen molar-refractivity contribution in [1.29, 1.82) is 0 Å². The van der Waals surface area contributed by atoms with Crippen LogP contribution in [0.25, 0.3) is 11.2 Å². The minimum Gasteiger partial charge on any atom is -0.406 e. The van der Waals surface area contributed by atoms with E-state index >= 15 is 0 Å². The maximum atomic E-state index is 12.5. The highest BCUT2D eigenvalue weighted by molar-refractivity contribution is 5.77. The average molecular weight is 484 g/mol. The number of amides is 1. The van der Waals surface area contributed by atoms with Gasteiger partial charge >= 0.3 is 6.36 Å². The van der Waals surface area contributed by atoms with Crippen molar-refractivity contribution >= 4 is 17.1 Å². The lowest BCUT2D eigenvalue weighted by molar-refractivity contribution is -0.274. The minimum atomic E-state index is -4.77. The van der Waals surface area contributed by atoms with E-state index in [1.165, 1.54) is 24.3 Å². The second-order valence-corrected chi connectivity index (χ2v) is 8.12. The van der Waals surface area contributed by atoms with Crippen LogP contribution in [-0.4, -0.2) is 31.9 Å². The van der Waals surface area contributed by atoms with Crippen molar-refractivity contribution in [3.63, 3.8) is 0 Å². The molecule has 0 aliphatic carbocycles. The summed E-state index contributed by atoms with van der Waals surface area (Å²) in [5, 5.41) is 10.6. The van der Waals surface area contributed by atoms with Gasteiger partial charge in [-0.3, -0.25) is 4.79 Å². The zero-order valence-electron chi connectivity index (χ0n) is 18.5. The molecule has 0 fully saturated rings. The van der Waals surface area contributed by atoms with Crippen LogP contribution in [0.4, 0.5) is 13.2 Å². The highest BCUT2D eigenvalue weighted by Gasteiger charge is 2.31. The van der Waals surface area contributed by atoms with Gasteiger partial charge in [0.05, 0.1) is 12.6 Å². The van der Waals surface area contributed by atoms with E-state index in [4.69, 9.17) is 5.73 Å². The maximum Gasteiger partial charge on any atom is 0.573 e. The smallest absolute Gasteiger partial charge is 0.406 e. The quantitative estimate of drug-likeness (QED) is 0.372. The number of imidazole rings is 1. The normalized spacial score (nSPS) is 13.5. The molecule has 0 radical (unpaired) electrons. The molecule has 35 heavy (non-hydrogen) atoms. The molecule has 10 heteroatoms. The first kappa shape index (κ1) is 24.2. The summed E-state index contributed by atoms with van der Waals surface area (Å²) in [5.74, 6) is -1.07.